The Kier molecular flexibility index (Phi) is 4.36. The first-order chi connectivity index (χ1) is 10.3. The van der Waals surface area contributed by atoms with E-state index in [4.69, 9.17) is 9.72 Å². The van der Waals surface area contributed by atoms with Crippen LogP contribution in [-0.2, 0) is 0 Å². The van der Waals surface area contributed by atoms with Gasteiger partial charge in [-0.25, -0.2) is 4.98 Å². The molecule has 0 N–H and O–H groups in total. The molecule has 0 bridgehead atoms. The summed E-state index contributed by atoms with van der Waals surface area (Å²) in [7, 11) is 0. The second-order valence-corrected chi connectivity index (χ2v) is 6.28. The number of hydrogen-bond donors (Lipinski definition) is 0. The average Bonchev–Trinajstić information content (AvgIpc) is 2.98. The summed E-state index contributed by atoms with van der Waals surface area (Å²) in [5, 5.41) is 3.10. The summed E-state index contributed by atoms with van der Waals surface area (Å²) in [5.74, 6) is 0.885. The van der Waals surface area contributed by atoms with Crippen molar-refractivity contribution in [3.8, 4) is 27.6 Å². The normalized spacial score (nSPS) is 10.6. The second kappa shape index (κ2) is 6.41. The van der Waals surface area contributed by atoms with Crippen molar-refractivity contribution in [2.45, 2.75) is 6.92 Å². The zero-order chi connectivity index (χ0) is 14.7. The first-order valence-electron chi connectivity index (χ1n) is 6.71. The maximum atomic E-state index is 5.54. The second-order valence-electron chi connectivity index (χ2n) is 4.51. The van der Waals surface area contributed by atoms with Crippen LogP contribution in [0, 0.1) is 0 Å². The summed E-state index contributed by atoms with van der Waals surface area (Å²) in [4.78, 5) is 4.73. The molecular weight excluding hydrogens is 346 g/mol. The Morgan fingerprint density at radius 3 is 2.67 bits per heavy atom. The third-order valence-corrected chi connectivity index (χ3v) is 4.46. The van der Waals surface area contributed by atoms with Gasteiger partial charge in [-0.1, -0.05) is 40.2 Å². The van der Waals surface area contributed by atoms with Gasteiger partial charge in [0, 0.05) is 21.0 Å². The largest absolute Gasteiger partial charge is 0.494 e. The molecule has 106 valence electrons. The van der Waals surface area contributed by atoms with Crippen molar-refractivity contribution >= 4 is 27.3 Å². The smallest absolute Gasteiger partial charge is 0.124 e. The molecule has 0 atom stereocenters. The Labute approximate surface area is 136 Å². The molecule has 0 spiro atoms. The van der Waals surface area contributed by atoms with Crippen LogP contribution in [0.2, 0.25) is 0 Å². The van der Waals surface area contributed by atoms with Crippen LogP contribution in [0.3, 0.4) is 0 Å². The van der Waals surface area contributed by atoms with Gasteiger partial charge < -0.3 is 4.74 Å². The van der Waals surface area contributed by atoms with E-state index in [2.05, 4.69) is 39.5 Å². The molecule has 4 heteroatoms. The van der Waals surface area contributed by atoms with Gasteiger partial charge in [0.25, 0.3) is 0 Å². The van der Waals surface area contributed by atoms with Crippen LogP contribution < -0.4 is 4.74 Å². The zero-order valence-electron chi connectivity index (χ0n) is 11.5. The zero-order valence-corrected chi connectivity index (χ0v) is 13.9. The quantitative estimate of drug-likeness (QED) is 0.601. The molecule has 2 aromatic carbocycles. The van der Waals surface area contributed by atoms with Gasteiger partial charge in [0.05, 0.1) is 12.3 Å². The molecule has 2 nitrogen and oxygen atoms in total. The van der Waals surface area contributed by atoms with E-state index in [1.54, 1.807) is 11.3 Å². The predicted octanol–water partition coefficient (Wildman–Crippen LogP) is 5.64. The minimum absolute atomic E-state index is 0.672. The molecule has 0 amide bonds. The van der Waals surface area contributed by atoms with E-state index >= 15 is 0 Å². The SMILES string of the molecule is CCOc1cccc(-c2nc(-c3ccc(Br)cc3)cs2)c1. The van der Waals surface area contributed by atoms with Crippen LogP contribution >= 0.6 is 27.3 Å². The number of hydrogen-bond acceptors (Lipinski definition) is 3. The topological polar surface area (TPSA) is 22.1 Å². The number of benzene rings is 2. The Bertz CT molecular complexity index is 737. The van der Waals surface area contributed by atoms with E-state index in [0.29, 0.717) is 6.61 Å². The van der Waals surface area contributed by atoms with Crippen molar-refractivity contribution in [1.29, 1.82) is 0 Å². The molecule has 3 rings (SSSR count). The Balaban J connectivity index is 1.91. The number of ether oxygens (including phenoxy) is 1. The third kappa shape index (κ3) is 3.34. The summed E-state index contributed by atoms with van der Waals surface area (Å²) in [6, 6.07) is 16.3. The van der Waals surface area contributed by atoms with Crippen molar-refractivity contribution in [2.24, 2.45) is 0 Å². The Morgan fingerprint density at radius 2 is 1.90 bits per heavy atom. The first-order valence-corrected chi connectivity index (χ1v) is 8.38. The summed E-state index contributed by atoms with van der Waals surface area (Å²) >= 11 is 5.10. The van der Waals surface area contributed by atoms with Crippen molar-refractivity contribution in [3.05, 3.63) is 58.4 Å². The van der Waals surface area contributed by atoms with Gasteiger partial charge in [0.1, 0.15) is 10.8 Å². The van der Waals surface area contributed by atoms with Crippen LogP contribution in [0.1, 0.15) is 6.92 Å². The standard InChI is InChI=1S/C17H14BrNOS/c1-2-20-15-5-3-4-13(10-15)17-19-16(11-21-17)12-6-8-14(18)9-7-12/h3-11H,2H2,1H3. The van der Waals surface area contributed by atoms with Crippen LogP contribution in [0.15, 0.2) is 58.4 Å². The molecular formula is C17H14BrNOS. The monoisotopic (exact) mass is 359 g/mol. The molecule has 1 heterocycles. The minimum Gasteiger partial charge on any atom is -0.494 e. The van der Waals surface area contributed by atoms with Gasteiger partial charge >= 0.3 is 0 Å². The number of halogens is 1. The lowest BCUT2D eigenvalue weighted by atomic mass is 10.2. The molecule has 0 unspecified atom stereocenters. The number of thiazole rings is 1. The average molecular weight is 360 g/mol. The van der Waals surface area contributed by atoms with Crippen molar-refractivity contribution in [2.75, 3.05) is 6.61 Å². The van der Waals surface area contributed by atoms with Gasteiger partial charge in [0.2, 0.25) is 0 Å². The highest BCUT2D eigenvalue weighted by Gasteiger charge is 2.07. The lowest BCUT2D eigenvalue weighted by Crippen LogP contribution is -1.91. The van der Waals surface area contributed by atoms with Crippen molar-refractivity contribution in [3.63, 3.8) is 0 Å². The fourth-order valence-corrected chi connectivity index (χ4v) is 3.14. The van der Waals surface area contributed by atoms with E-state index in [1.165, 1.54) is 0 Å². The lowest BCUT2D eigenvalue weighted by Gasteiger charge is -2.03. The molecule has 0 aliphatic rings. The molecule has 0 saturated carbocycles. The lowest BCUT2D eigenvalue weighted by molar-refractivity contribution is 0.340. The van der Waals surface area contributed by atoms with Crippen LogP contribution in [0.5, 0.6) is 5.75 Å². The highest BCUT2D eigenvalue weighted by atomic mass is 79.9. The molecule has 0 fully saturated rings. The number of aromatic nitrogens is 1. The summed E-state index contributed by atoms with van der Waals surface area (Å²) in [5.41, 5.74) is 3.22. The fraction of sp³-hybridized carbons (Fsp3) is 0.118. The maximum Gasteiger partial charge on any atom is 0.124 e. The van der Waals surface area contributed by atoms with Gasteiger partial charge in [-0.2, -0.15) is 0 Å². The van der Waals surface area contributed by atoms with E-state index in [1.807, 2.05) is 37.3 Å². The number of rotatable bonds is 4. The summed E-state index contributed by atoms with van der Waals surface area (Å²) < 4.78 is 6.62. The molecule has 0 saturated heterocycles. The highest BCUT2D eigenvalue weighted by molar-refractivity contribution is 9.10. The summed E-state index contributed by atoms with van der Waals surface area (Å²) in [6.07, 6.45) is 0. The molecule has 0 radical (unpaired) electrons. The van der Waals surface area contributed by atoms with Crippen LogP contribution in [0.25, 0.3) is 21.8 Å². The van der Waals surface area contributed by atoms with E-state index in [9.17, 15) is 0 Å². The van der Waals surface area contributed by atoms with Gasteiger partial charge in [-0.3, -0.25) is 0 Å². The molecule has 0 aliphatic carbocycles. The fourth-order valence-electron chi connectivity index (χ4n) is 2.05. The molecule has 21 heavy (non-hydrogen) atoms. The van der Waals surface area contributed by atoms with E-state index in [0.717, 1.165) is 32.1 Å². The van der Waals surface area contributed by atoms with Gasteiger partial charge in [-0.05, 0) is 31.2 Å². The Hall–Kier alpha value is -1.65. The number of nitrogens with zero attached hydrogens (tertiary/aromatic N) is 1. The van der Waals surface area contributed by atoms with Crippen molar-refractivity contribution in [1.82, 2.24) is 4.98 Å². The summed E-state index contributed by atoms with van der Waals surface area (Å²) in [6.45, 7) is 2.66. The minimum atomic E-state index is 0.672. The van der Waals surface area contributed by atoms with Crippen LogP contribution in [0.4, 0.5) is 0 Å². The molecule has 3 aromatic rings. The third-order valence-electron chi connectivity index (χ3n) is 3.04. The van der Waals surface area contributed by atoms with Crippen molar-refractivity contribution < 1.29 is 4.74 Å². The van der Waals surface area contributed by atoms with Gasteiger partial charge in [-0.15, -0.1) is 11.3 Å². The Morgan fingerprint density at radius 1 is 1.10 bits per heavy atom. The highest BCUT2D eigenvalue weighted by Crippen LogP contribution is 2.31. The van der Waals surface area contributed by atoms with E-state index < -0.39 is 0 Å². The van der Waals surface area contributed by atoms with E-state index in [-0.39, 0.29) is 0 Å². The molecule has 0 aliphatic heterocycles. The maximum absolute atomic E-state index is 5.54. The first kappa shape index (κ1) is 14.3. The predicted molar refractivity (Wildman–Crippen MR) is 91.9 cm³/mol. The van der Waals surface area contributed by atoms with Gasteiger partial charge in [0.15, 0.2) is 0 Å². The van der Waals surface area contributed by atoms with Crippen LogP contribution in [-0.4, -0.2) is 11.6 Å². The molecule has 1 aromatic heterocycles.